The molecular formula is C16H22N2O5S. The summed E-state index contributed by atoms with van der Waals surface area (Å²) in [5.41, 5.74) is -0.421. The molecule has 1 saturated heterocycles. The summed E-state index contributed by atoms with van der Waals surface area (Å²) in [5.74, 6) is 0.419. The van der Waals surface area contributed by atoms with Gasteiger partial charge in [0.05, 0.1) is 17.1 Å². The van der Waals surface area contributed by atoms with Gasteiger partial charge in [-0.05, 0) is 18.4 Å². The van der Waals surface area contributed by atoms with Crippen LogP contribution in [0, 0.1) is 16.0 Å². The number of nitrogens with zero attached hydrogens (tertiary/aromatic N) is 2. The maximum Gasteiger partial charge on any atom is 0.289 e. The van der Waals surface area contributed by atoms with Gasteiger partial charge in [0.25, 0.3) is 5.69 Å². The van der Waals surface area contributed by atoms with E-state index in [1.807, 2.05) is 0 Å². The number of hydrogen-bond acceptors (Lipinski definition) is 5. The summed E-state index contributed by atoms with van der Waals surface area (Å²) in [6.07, 6.45) is 5.55. The molecule has 2 fully saturated rings. The van der Waals surface area contributed by atoms with Gasteiger partial charge in [-0.3, -0.25) is 10.1 Å². The van der Waals surface area contributed by atoms with Crippen molar-refractivity contribution in [3.8, 4) is 0 Å². The van der Waals surface area contributed by atoms with Crippen LogP contribution in [0.2, 0.25) is 0 Å². The molecule has 7 nitrogen and oxygen atoms in total. The highest BCUT2D eigenvalue weighted by atomic mass is 32.2. The van der Waals surface area contributed by atoms with Crippen LogP contribution in [0.3, 0.4) is 0 Å². The van der Waals surface area contributed by atoms with Crippen LogP contribution in [0.5, 0.6) is 0 Å². The van der Waals surface area contributed by atoms with Crippen LogP contribution in [0.15, 0.2) is 29.2 Å². The second-order valence-electron chi connectivity index (χ2n) is 6.67. The average molecular weight is 354 g/mol. The molecule has 1 aromatic rings. The summed E-state index contributed by atoms with van der Waals surface area (Å²) in [7, 11) is -3.98. The number of benzene rings is 1. The Hall–Kier alpha value is -1.51. The molecule has 0 spiro atoms. The quantitative estimate of drug-likeness (QED) is 0.646. The highest BCUT2D eigenvalue weighted by molar-refractivity contribution is 7.89. The molecule has 1 aromatic carbocycles. The van der Waals surface area contributed by atoms with Crippen molar-refractivity contribution in [3.05, 3.63) is 34.4 Å². The molecule has 0 bridgehead atoms. The zero-order valence-electron chi connectivity index (χ0n) is 13.4. The Balaban J connectivity index is 1.83. The number of β-amino-alcohol motifs (C(OH)–C–C–N with tert-alkyl or cyclic N) is 1. The van der Waals surface area contributed by atoms with E-state index in [4.69, 9.17) is 0 Å². The van der Waals surface area contributed by atoms with Gasteiger partial charge in [0, 0.05) is 12.6 Å². The van der Waals surface area contributed by atoms with Crippen LogP contribution in [0.25, 0.3) is 0 Å². The summed E-state index contributed by atoms with van der Waals surface area (Å²) in [5, 5.41) is 21.2. The highest BCUT2D eigenvalue weighted by Gasteiger charge is 2.47. The van der Waals surface area contributed by atoms with E-state index < -0.39 is 32.8 Å². The zero-order chi connectivity index (χ0) is 17.3. The number of sulfonamides is 1. The number of aliphatic hydroxyl groups excluding tert-OH is 1. The van der Waals surface area contributed by atoms with Gasteiger partial charge in [-0.15, -0.1) is 0 Å². The fourth-order valence-electron chi connectivity index (χ4n) is 3.76. The minimum absolute atomic E-state index is 0.00572. The van der Waals surface area contributed by atoms with Gasteiger partial charge in [-0.1, -0.05) is 44.2 Å². The second-order valence-corrected chi connectivity index (χ2v) is 8.53. The standard InChI is InChI=1S/C16H22N2O5S/c19-15-11-17(14(15)10-12-6-2-1-3-7-12)24(22,23)16-9-5-4-8-13(16)18(20)21/h4-5,8-9,12,14-15,19H,1-3,6-7,10-11H2/t14-,15-/m0/s1. The zero-order valence-corrected chi connectivity index (χ0v) is 14.2. The van der Waals surface area contributed by atoms with E-state index in [1.165, 1.54) is 35.0 Å². The molecule has 0 amide bonds. The van der Waals surface area contributed by atoms with Gasteiger partial charge in [0.1, 0.15) is 0 Å². The van der Waals surface area contributed by atoms with E-state index in [-0.39, 0.29) is 11.4 Å². The third-order valence-electron chi connectivity index (χ3n) is 5.13. The lowest BCUT2D eigenvalue weighted by atomic mass is 9.82. The topological polar surface area (TPSA) is 101 Å². The first kappa shape index (κ1) is 17.3. The number of nitro groups is 1. The Bertz CT molecular complexity index is 715. The van der Waals surface area contributed by atoms with Crippen LogP contribution in [-0.4, -0.2) is 41.4 Å². The summed E-state index contributed by atoms with van der Waals surface area (Å²) >= 11 is 0. The first-order valence-electron chi connectivity index (χ1n) is 8.34. The third kappa shape index (κ3) is 3.18. The molecule has 132 valence electrons. The second kappa shape index (κ2) is 6.78. The summed E-state index contributed by atoms with van der Waals surface area (Å²) in [4.78, 5) is 10.2. The normalized spacial score (nSPS) is 26.0. The molecule has 1 saturated carbocycles. The molecule has 0 aromatic heterocycles. The molecule has 8 heteroatoms. The Morgan fingerprint density at radius 2 is 1.88 bits per heavy atom. The smallest absolute Gasteiger partial charge is 0.289 e. The van der Waals surface area contributed by atoms with Crippen molar-refractivity contribution in [1.82, 2.24) is 4.31 Å². The predicted octanol–water partition coefficient (Wildman–Crippen LogP) is 2.30. The van der Waals surface area contributed by atoms with Crippen molar-refractivity contribution >= 4 is 15.7 Å². The molecule has 2 atom stereocenters. The van der Waals surface area contributed by atoms with Crippen molar-refractivity contribution in [2.75, 3.05) is 6.54 Å². The van der Waals surface area contributed by atoms with Crippen molar-refractivity contribution < 1.29 is 18.4 Å². The van der Waals surface area contributed by atoms with Crippen molar-refractivity contribution in [1.29, 1.82) is 0 Å². The molecule has 1 aliphatic heterocycles. The number of para-hydroxylation sites is 1. The van der Waals surface area contributed by atoms with Crippen LogP contribution in [-0.2, 0) is 10.0 Å². The number of aliphatic hydroxyl groups is 1. The minimum Gasteiger partial charge on any atom is -0.390 e. The fourth-order valence-corrected chi connectivity index (χ4v) is 5.61. The Labute approximate surface area is 141 Å². The van der Waals surface area contributed by atoms with Crippen LogP contribution >= 0.6 is 0 Å². The number of hydrogen-bond donors (Lipinski definition) is 1. The van der Waals surface area contributed by atoms with E-state index in [2.05, 4.69) is 0 Å². The van der Waals surface area contributed by atoms with Crippen molar-refractivity contribution in [3.63, 3.8) is 0 Å². The number of nitro benzene ring substituents is 1. The predicted molar refractivity (Wildman–Crippen MR) is 88.0 cm³/mol. The van der Waals surface area contributed by atoms with Gasteiger partial charge in [-0.25, -0.2) is 8.42 Å². The average Bonchev–Trinajstić information content (AvgIpc) is 2.58. The van der Waals surface area contributed by atoms with E-state index in [0.29, 0.717) is 12.3 Å². The molecule has 1 N–H and O–H groups in total. The van der Waals surface area contributed by atoms with Crippen molar-refractivity contribution in [2.24, 2.45) is 5.92 Å². The first-order valence-corrected chi connectivity index (χ1v) is 9.78. The molecule has 2 aliphatic rings. The lowest BCUT2D eigenvalue weighted by Crippen LogP contribution is -2.62. The number of rotatable bonds is 5. The van der Waals surface area contributed by atoms with Gasteiger partial charge in [0.15, 0.2) is 4.90 Å². The molecule has 0 radical (unpaired) electrons. The van der Waals surface area contributed by atoms with Crippen LogP contribution < -0.4 is 0 Å². The molecule has 1 aliphatic carbocycles. The SMILES string of the molecule is O=[N+]([O-])c1ccccc1S(=O)(=O)N1C[C@H](O)[C@@H]1CC1CCCCC1. The minimum atomic E-state index is -3.98. The maximum absolute atomic E-state index is 12.8. The van der Waals surface area contributed by atoms with Gasteiger partial charge < -0.3 is 5.11 Å². The summed E-state index contributed by atoms with van der Waals surface area (Å²) in [6, 6.07) is 4.90. The van der Waals surface area contributed by atoms with E-state index >= 15 is 0 Å². The lowest BCUT2D eigenvalue weighted by molar-refractivity contribution is -0.387. The van der Waals surface area contributed by atoms with Gasteiger partial charge in [0.2, 0.25) is 10.0 Å². The largest absolute Gasteiger partial charge is 0.390 e. The van der Waals surface area contributed by atoms with E-state index in [1.54, 1.807) is 0 Å². The first-order chi connectivity index (χ1) is 11.4. The molecule has 0 unspecified atom stereocenters. The Morgan fingerprint density at radius 1 is 1.21 bits per heavy atom. The fraction of sp³-hybridized carbons (Fsp3) is 0.625. The maximum atomic E-state index is 12.8. The van der Waals surface area contributed by atoms with Crippen LogP contribution in [0.1, 0.15) is 38.5 Å². The summed E-state index contributed by atoms with van der Waals surface area (Å²) < 4.78 is 26.9. The highest BCUT2D eigenvalue weighted by Crippen LogP contribution is 2.37. The lowest BCUT2D eigenvalue weighted by Gasteiger charge is -2.45. The molecule has 24 heavy (non-hydrogen) atoms. The summed E-state index contributed by atoms with van der Waals surface area (Å²) in [6.45, 7) is 0.00572. The van der Waals surface area contributed by atoms with Gasteiger partial charge in [-0.2, -0.15) is 4.31 Å². The van der Waals surface area contributed by atoms with E-state index in [0.717, 1.165) is 25.7 Å². The monoisotopic (exact) mass is 354 g/mol. The third-order valence-corrected chi connectivity index (χ3v) is 7.07. The van der Waals surface area contributed by atoms with E-state index in [9.17, 15) is 23.6 Å². The Kier molecular flexibility index (Phi) is 4.89. The van der Waals surface area contributed by atoms with Crippen molar-refractivity contribution in [2.45, 2.75) is 55.6 Å². The van der Waals surface area contributed by atoms with Gasteiger partial charge >= 0.3 is 0 Å². The molecule has 3 rings (SSSR count). The van der Waals surface area contributed by atoms with Crippen LogP contribution in [0.4, 0.5) is 5.69 Å². The molecule has 1 heterocycles. The Morgan fingerprint density at radius 3 is 2.50 bits per heavy atom. The molecular weight excluding hydrogens is 332 g/mol.